The van der Waals surface area contributed by atoms with E-state index in [1.54, 1.807) is 42.4 Å². The third-order valence-electron chi connectivity index (χ3n) is 5.88. The quantitative estimate of drug-likeness (QED) is 0.374. The summed E-state index contributed by atoms with van der Waals surface area (Å²) < 4.78 is 13.0. The van der Waals surface area contributed by atoms with Crippen LogP contribution in [0.4, 0.5) is 0 Å². The zero-order valence-corrected chi connectivity index (χ0v) is 20.6. The first-order valence-corrected chi connectivity index (χ1v) is 11.7. The number of aryl methyl sites for hydroxylation is 1. The van der Waals surface area contributed by atoms with Crippen LogP contribution in [0.3, 0.4) is 0 Å². The summed E-state index contributed by atoms with van der Waals surface area (Å²) in [5, 5.41) is 2.93. The van der Waals surface area contributed by atoms with Gasteiger partial charge >= 0.3 is 0 Å². The third kappa shape index (κ3) is 5.99. The van der Waals surface area contributed by atoms with Crippen LogP contribution in [-0.4, -0.2) is 22.6 Å². The largest absolute Gasteiger partial charge is 0.493 e. The van der Waals surface area contributed by atoms with Crippen molar-refractivity contribution in [1.82, 2.24) is 14.9 Å². The number of rotatable bonds is 9. The summed E-state index contributed by atoms with van der Waals surface area (Å²) in [6.45, 7) is 4.65. The van der Waals surface area contributed by atoms with Gasteiger partial charge in [0.15, 0.2) is 11.5 Å². The van der Waals surface area contributed by atoms with Gasteiger partial charge in [-0.3, -0.25) is 14.6 Å². The normalized spacial score (nSPS) is 11.5. The van der Waals surface area contributed by atoms with Gasteiger partial charge in [0.2, 0.25) is 0 Å². The van der Waals surface area contributed by atoms with Crippen molar-refractivity contribution in [2.24, 2.45) is 0 Å². The molecule has 1 unspecified atom stereocenters. The van der Waals surface area contributed by atoms with E-state index in [0.717, 1.165) is 22.3 Å². The number of ether oxygens (including phenoxy) is 2. The van der Waals surface area contributed by atoms with E-state index in [-0.39, 0.29) is 17.2 Å². The Morgan fingerprint density at radius 3 is 2.56 bits per heavy atom. The number of nitrogens with zero attached hydrogens (tertiary/aromatic N) is 2. The fraction of sp³-hybridized carbons (Fsp3) is 0.207. The molecule has 0 aliphatic carbocycles. The average Bonchev–Trinajstić information content (AvgIpc) is 2.89. The Morgan fingerprint density at radius 1 is 1.00 bits per heavy atom. The second-order valence-electron chi connectivity index (χ2n) is 8.59. The van der Waals surface area contributed by atoms with Crippen molar-refractivity contribution in [3.8, 4) is 11.5 Å². The van der Waals surface area contributed by atoms with Crippen LogP contribution in [0.15, 0.2) is 90.1 Å². The Balaban J connectivity index is 1.46. The molecule has 0 fully saturated rings. The highest BCUT2D eigenvalue weighted by Gasteiger charge is 2.17. The fourth-order valence-corrected chi connectivity index (χ4v) is 3.91. The number of hydrogen-bond acceptors (Lipinski definition) is 5. The summed E-state index contributed by atoms with van der Waals surface area (Å²) in [5.74, 6) is 0.727. The summed E-state index contributed by atoms with van der Waals surface area (Å²) in [5.41, 5.74) is 3.71. The zero-order valence-electron chi connectivity index (χ0n) is 20.6. The van der Waals surface area contributed by atoms with Gasteiger partial charge in [0, 0.05) is 18.6 Å². The number of pyridine rings is 2. The van der Waals surface area contributed by atoms with Gasteiger partial charge in [-0.2, -0.15) is 0 Å². The van der Waals surface area contributed by atoms with E-state index >= 15 is 0 Å². The maximum absolute atomic E-state index is 13.0. The van der Waals surface area contributed by atoms with Crippen molar-refractivity contribution < 1.29 is 14.3 Å². The molecule has 7 nitrogen and oxygen atoms in total. The summed E-state index contributed by atoms with van der Waals surface area (Å²) in [6, 6.07) is 20.1. The van der Waals surface area contributed by atoms with E-state index in [1.165, 1.54) is 0 Å². The highest BCUT2D eigenvalue weighted by molar-refractivity contribution is 5.94. The number of benzene rings is 2. The van der Waals surface area contributed by atoms with E-state index in [4.69, 9.17) is 9.47 Å². The molecule has 0 aliphatic rings. The Bertz CT molecular complexity index is 1400. The number of nitrogens with one attached hydrogen (secondary N) is 1. The number of methoxy groups -OCH3 is 1. The van der Waals surface area contributed by atoms with Gasteiger partial charge in [0.1, 0.15) is 12.2 Å². The minimum Gasteiger partial charge on any atom is -0.493 e. The fourth-order valence-electron chi connectivity index (χ4n) is 3.91. The molecule has 36 heavy (non-hydrogen) atoms. The van der Waals surface area contributed by atoms with Gasteiger partial charge in [-0.15, -0.1) is 0 Å². The molecule has 0 bridgehead atoms. The molecule has 1 N–H and O–H groups in total. The standard InChI is InChI=1S/C29H29N3O4/c1-20-6-4-7-23(16-20)18-32-15-5-8-25(29(32)34)28(33)31-21(2)24-9-10-26(27(17-24)35-3)36-19-22-11-13-30-14-12-22/h4-17,21H,18-19H2,1-3H3,(H,31,33). The van der Waals surface area contributed by atoms with Crippen molar-refractivity contribution in [2.75, 3.05) is 7.11 Å². The van der Waals surface area contributed by atoms with Crippen molar-refractivity contribution in [2.45, 2.75) is 33.0 Å². The first-order chi connectivity index (χ1) is 17.4. The molecule has 0 spiro atoms. The molecule has 0 saturated heterocycles. The average molecular weight is 484 g/mol. The summed E-state index contributed by atoms with van der Waals surface area (Å²) >= 11 is 0. The lowest BCUT2D eigenvalue weighted by Gasteiger charge is -2.17. The van der Waals surface area contributed by atoms with E-state index in [9.17, 15) is 9.59 Å². The molecule has 1 amide bonds. The van der Waals surface area contributed by atoms with E-state index in [0.29, 0.717) is 24.7 Å². The van der Waals surface area contributed by atoms with Crippen molar-refractivity contribution in [3.63, 3.8) is 0 Å². The highest BCUT2D eigenvalue weighted by Crippen LogP contribution is 2.31. The predicted molar refractivity (Wildman–Crippen MR) is 138 cm³/mol. The maximum atomic E-state index is 13.0. The molecule has 2 aromatic heterocycles. The molecule has 1 atom stereocenters. The van der Waals surface area contributed by atoms with Crippen LogP contribution in [0.5, 0.6) is 11.5 Å². The van der Waals surface area contributed by atoms with Crippen LogP contribution in [0, 0.1) is 6.92 Å². The van der Waals surface area contributed by atoms with Crippen LogP contribution in [0.2, 0.25) is 0 Å². The summed E-state index contributed by atoms with van der Waals surface area (Å²) in [6.07, 6.45) is 5.13. The van der Waals surface area contributed by atoms with E-state index < -0.39 is 5.91 Å². The predicted octanol–water partition coefficient (Wildman–Crippen LogP) is 4.68. The molecule has 2 heterocycles. The van der Waals surface area contributed by atoms with Gasteiger partial charge in [0.25, 0.3) is 11.5 Å². The first kappa shape index (κ1) is 24.7. The molecular weight excluding hydrogens is 454 g/mol. The van der Waals surface area contributed by atoms with Crippen molar-refractivity contribution in [3.05, 3.63) is 123 Å². The second kappa shape index (κ2) is 11.4. The molecule has 7 heteroatoms. The lowest BCUT2D eigenvalue weighted by Crippen LogP contribution is -2.34. The van der Waals surface area contributed by atoms with Crippen LogP contribution in [0.25, 0.3) is 0 Å². The highest BCUT2D eigenvalue weighted by atomic mass is 16.5. The monoisotopic (exact) mass is 483 g/mol. The minimum absolute atomic E-state index is 0.0984. The van der Waals surface area contributed by atoms with E-state index in [2.05, 4.69) is 10.3 Å². The minimum atomic E-state index is -0.428. The summed E-state index contributed by atoms with van der Waals surface area (Å²) in [4.78, 5) is 30.0. The molecule has 0 radical (unpaired) electrons. The van der Waals surface area contributed by atoms with Crippen LogP contribution in [0.1, 0.15) is 45.6 Å². The van der Waals surface area contributed by atoms with Crippen molar-refractivity contribution >= 4 is 5.91 Å². The first-order valence-electron chi connectivity index (χ1n) is 11.7. The van der Waals surface area contributed by atoms with E-state index in [1.807, 2.05) is 68.4 Å². The van der Waals surface area contributed by atoms with Gasteiger partial charge in [-0.05, 0) is 66.9 Å². The topological polar surface area (TPSA) is 82.5 Å². The molecule has 4 aromatic rings. The molecule has 0 aliphatic heterocycles. The zero-order chi connectivity index (χ0) is 25.5. The van der Waals surface area contributed by atoms with Gasteiger partial charge in [-0.25, -0.2) is 0 Å². The molecule has 0 saturated carbocycles. The number of amides is 1. The van der Waals surface area contributed by atoms with Gasteiger partial charge in [-0.1, -0.05) is 35.9 Å². The van der Waals surface area contributed by atoms with Crippen molar-refractivity contribution in [1.29, 1.82) is 0 Å². The lowest BCUT2D eigenvalue weighted by atomic mass is 10.1. The molecule has 2 aromatic carbocycles. The van der Waals surface area contributed by atoms with Gasteiger partial charge < -0.3 is 19.4 Å². The number of hydrogen-bond donors (Lipinski definition) is 1. The van der Waals surface area contributed by atoms with Crippen LogP contribution in [-0.2, 0) is 13.2 Å². The Kier molecular flexibility index (Phi) is 7.80. The van der Waals surface area contributed by atoms with Gasteiger partial charge in [0.05, 0.1) is 19.7 Å². The Morgan fingerprint density at radius 2 is 1.81 bits per heavy atom. The maximum Gasteiger partial charge on any atom is 0.263 e. The number of carbonyl (C=O) groups excluding carboxylic acids is 1. The van der Waals surface area contributed by atoms with Crippen LogP contribution < -0.4 is 20.3 Å². The molecule has 184 valence electrons. The smallest absolute Gasteiger partial charge is 0.263 e. The second-order valence-corrected chi connectivity index (χ2v) is 8.59. The third-order valence-corrected chi connectivity index (χ3v) is 5.88. The summed E-state index contributed by atoms with van der Waals surface area (Å²) in [7, 11) is 1.57. The molecule has 4 rings (SSSR count). The lowest BCUT2D eigenvalue weighted by molar-refractivity contribution is 0.0937. The number of aromatic nitrogens is 2. The van der Waals surface area contributed by atoms with Crippen LogP contribution >= 0.6 is 0 Å². The molecular formula is C29H29N3O4. The Labute approximate surface area is 210 Å². The number of carbonyl (C=O) groups is 1. The SMILES string of the molecule is COc1cc(C(C)NC(=O)c2cccn(Cc3cccc(C)c3)c2=O)ccc1OCc1ccncc1. The Hall–Kier alpha value is -4.39.